The van der Waals surface area contributed by atoms with E-state index in [0.717, 1.165) is 24.4 Å². The minimum atomic E-state index is -0.0378. The van der Waals surface area contributed by atoms with Crippen molar-refractivity contribution in [3.63, 3.8) is 0 Å². The quantitative estimate of drug-likeness (QED) is 0.824. The van der Waals surface area contributed by atoms with Crippen LogP contribution in [0, 0.1) is 0 Å². The van der Waals surface area contributed by atoms with Crippen LogP contribution in [0.5, 0.6) is 0 Å². The Morgan fingerprint density at radius 1 is 1.40 bits per heavy atom. The summed E-state index contributed by atoms with van der Waals surface area (Å²) in [6, 6.07) is 0. The van der Waals surface area contributed by atoms with E-state index in [4.69, 9.17) is 0 Å². The van der Waals surface area contributed by atoms with Crippen molar-refractivity contribution < 1.29 is 5.11 Å². The Hall–Kier alpha value is -0.450. The van der Waals surface area contributed by atoms with Gasteiger partial charge in [0.2, 0.25) is 0 Å². The maximum atomic E-state index is 9.49. The second-order valence-corrected chi connectivity index (χ2v) is 5.26. The molecule has 0 unspecified atom stereocenters. The molecule has 2 rings (SSSR count). The monoisotopic (exact) mass is 226 g/mol. The Morgan fingerprint density at radius 2 is 2.20 bits per heavy atom. The van der Waals surface area contributed by atoms with Gasteiger partial charge in [0.1, 0.15) is 5.01 Å². The van der Waals surface area contributed by atoms with Crippen molar-refractivity contribution in [1.29, 1.82) is 0 Å². The van der Waals surface area contributed by atoms with Crippen molar-refractivity contribution in [1.82, 2.24) is 10.3 Å². The lowest BCUT2D eigenvalue weighted by atomic mass is 9.82. The van der Waals surface area contributed by atoms with Crippen molar-refractivity contribution in [2.45, 2.75) is 44.2 Å². The van der Waals surface area contributed by atoms with Crippen LogP contribution in [0.2, 0.25) is 0 Å². The van der Waals surface area contributed by atoms with Crippen LogP contribution in [0.1, 0.15) is 37.1 Å². The lowest BCUT2D eigenvalue weighted by Crippen LogP contribution is -2.49. The number of aliphatic hydroxyl groups is 1. The SMILES string of the molecule is OCC1(NCc2nccs2)CCCCC1. The zero-order valence-corrected chi connectivity index (χ0v) is 9.72. The van der Waals surface area contributed by atoms with E-state index < -0.39 is 0 Å². The minimum absolute atomic E-state index is 0.0378. The normalized spacial score (nSPS) is 20.3. The second kappa shape index (κ2) is 5.05. The molecule has 1 saturated carbocycles. The summed E-state index contributed by atoms with van der Waals surface area (Å²) in [7, 11) is 0. The third kappa shape index (κ3) is 2.77. The molecule has 0 saturated heterocycles. The molecule has 15 heavy (non-hydrogen) atoms. The first-order valence-electron chi connectivity index (χ1n) is 5.59. The summed E-state index contributed by atoms with van der Waals surface area (Å²) < 4.78 is 0. The van der Waals surface area contributed by atoms with Crippen molar-refractivity contribution >= 4 is 11.3 Å². The highest BCUT2D eigenvalue weighted by Crippen LogP contribution is 2.28. The van der Waals surface area contributed by atoms with Crippen LogP contribution in [-0.4, -0.2) is 22.2 Å². The van der Waals surface area contributed by atoms with Gasteiger partial charge in [0, 0.05) is 23.7 Å². The Kier molecular flexibility index (Phi) is 3.72. The van der Waals surface area contributed by atoms with Crippen molar-refractivity contribution in [2.75, 3.05) is 6.61 Å². The summed E-state index contributed by atoms with van der Waals surface area (Å²) in [6.45, 7) is 1.04. The van der Waals surface area contributed by atoms with Crippen LogP contribution in [0.4, 0.5) is 0 Å². The highest BCUT2D eigenvalue weighted by Gasteiger charge is 2.30. The van der Waals surface area contributed by atoms with Gasteiger partial charge in [0.25, 0.3) is 0 Å². The number of thiazole rings is 1. The molecule has 1 fully saturated rings. The van der Waals surface area contributed by atoms with Gasteiger partial charge in [-0.1, -0.05) is 19.3 Å². The fraction of sp³-hybridized carbons (Fsp3) is 0.727. The third-order valence-electron chi connectivity index (χ3n) is 3.21. The van der Waals surface area contributed by atoms with E-state index in [0.29, 0.717) is 0 Å². The van der Waals surface area contributed by atoms with E-state index in [1.807, 2.05) is 11.6 Å². The number of nitrogens with one attached hydrogen (secondary N) is 1. The molecular weight excluding hydrogens is 208 g/mol. The van der Waals surface area contributed by atoms with Gasteiger partial charge in [-0.15, -0.1) is 11.3 Å². The number of rotatable bonds is 4. The summed E-state index contributed by atoms with van der Waals surface area (Å²) in [5.41, 5.74) is -0.0378. The molecule has 1 heterocycles. The first-order chi connectivity index (χ1) is 7.35. The molecule has 1 aromatic heterocycles. The number of hydrogen-bond donors (Lipinski definition) is 2. The van der Waals surface area contributed by atoms with Gasteiger partial charge in [0.15, 0.2) is 0 Å². The first-order valence-corrected chi connectivity index (χ1v) is 6.47. The lowest BCUT2D eigenvalue weighted by molar-refractivity contribution is 0.119. The smallest absolute Gasteiger partial charge is 0.106 e. The molecule has 0 aliphatic heterocycles. The van der Waals surface area contributed by atoms with E-state index in [1.54, 1.807) is 11.3 Å². The summed E-state index contributed by atoms with van der Waals surface area (Å²) in [4.78, 5) is 4.24. The largest absolute Gasteiger partial charge is 0.394 e. The maximum absolute atomic E-state index is 9.49. The van der Waals surface area contributed by atoms with Crippen molar-refractivity contribution in [3.05, 3.63) is 16.6 Å². The molecule has 1 aromatic rings. The van der Waals surface area contributed by atoms with Gasteiger partial charge in [-0.05, 0) is 12.8 Å². The highest BCUT2D eigenvalue weighted by molar-refractivity contribution is 7.09. The summed E-state index contributed by atoms with van der Waals surface area (Å²) in [6.07, 6.45) is 7.77. The van der Waals surface area contributed by atoms with E-state index in [9.17, 15) is 5.11 Å². The van der Waals surface area contributed by atoms with E-state index in [2.05, 4.69) is 10.3 Å². The van der Waals surface area contributed by atoms with E-state index in [1.165, 1.54) is 19.3 Å². The molecule has 3 nitrogen and oxygen atoms in total. The molecule has 0 atom stereocenters. The zero-order chi connectivity index (χ0) is 10.6. The van der Waals surface area contributed by atoms with Crippen molar-refractivity contribution in [2.24, 2.45) is 0 Å². The number of hydrogen-bond acceptors (Lipinski definition) is 4. The molecule has 1 aliphatic carbocycles. The van der Waals surface area contributed by atoms with E-state index in [-0.39, 0.29) is 12.1 Å². The molecule has 0 amide bonds. The molecule has 0 radical (unpaired) electrons. The standard InChI is InChI=1S/C11H18N2OS/c14-9-11(4-2-1-3-5-11)13-8-10-12-6-7-15-10/h6-7,13-14H,1-5,8-9H2. The van der Waals surface area contributed by atoms with Crippen molar-refractivity contribution in [3.8, 4) is 0 Å². The van der Waals surface area contributed by atoms with Crippen LogP contribution in [0.15, 0.2) is 11.6 Å². The fourth-order valence-electron chi connectivity index (χ4n) is 2.22. The Bertz CT molecular complexity index is 281. The Balaban J connectivity index is 1.89. The van der Waals surface area contributed by atoms with Gasteiger partial charge in [0.05, 0.1) is 6.61 Å². The predicted octanol–water partition coefficient (Wildman–Crippen LogP) is 1.93. The average molecular weight is 226 g/mol. The molecular formula is C11H18N2OS. The Morgan fingerprint density at radius 3 is 2.80 bits per heavy atom. The zero-order valence-electron chi connectivity index (χ0n) is 8.91. The van der Waals surface area contributed by atoms with Gasteiger partial charge in [-0.2, -0.15) is 0 Å². The van der Waals surface area contributed by atoms with Gasteiger partial charge in [-0.3, -0.25) is 0 Å². The average Bonchev–Trinajstić information content (AvgIpc) is 2.81. The fourth-order valence-corrected chi connectivity index (χ4v) is 2.78. The Labute approximate surface area is 94.5 Å². The maximum Gasteiger partial charge on any atom is 0.106 e. The molecule has 0 spiro atoms. The van der Waals surface area contributed by atoms with Crippen LogP contribution >= 0.6 is 11.3 Å². The van der Waals surface area contributed by atoms with Gasteiger partial charge < -0.3 is 10.4 Å². The number of aromatic nitrogens is 1. The summed E-state index contributed by atoms with van der Waals surface area (Å²) in [5.74, 6) is 0. The summed E-state index contributed by atoms with van der Waals surface area (Å²) in [5, 5.41) is 16.1. The summed E-state index contributed by atoms with van der Waals surface area (Å²) >= 11 is 1.67. The minimum Gasteiger partial charge on any atom is -0.394 e. The predicted molar refractivity (Wildman–Crippen MR) is 61.9 cm³/mol. The van der Waals surface area contributed by atoms with Gasteiger partial charge >= 0.3 is 0 Å². The lowest BCUT2D eigenvalue weighted by Gasteiger charge is -2.36. The van der Waals surface area contributed by atoms with Crippen LogP contribution in [0.3, 0.4) is 0 Å². The van der Waals surface area contributed by atoms with Crippen LogP contribution in [-0.2, 0) is 6.54 Å². The highest BCUT2D eigenvalue weighted by atomic mass is 32.1. The molecule has 1 aliphatic rings. The topological polar surface area (TPSA) is 45.1 Å². The van der Waals surface area contributed by atoms with Crippen LogP contribution in [0.25, 0.3) is 0 Å². The van der Waals surface area contributed by atoms with Crippen LogP contribution < -0.4 is 5.32 Å². The van der Waals surface area contributed by atoms with E-state index >= 15 is 0 Å². The molecule has 0 aromatic carbocycles. The first kappa shape index (κ1) is 11.0. The number of aliphatic hydroxyl groups excluding tert-OH is 1. The molecule has 84 valence electrons. The molecule has 2 N–H and O–H groups in total. The number of nitrogens with zero attached hydrogens (tertiary/aromatic N) is 1. The van der Waals surface area contributed by atoms with Gasteiger partial charge in [-0.25, -0.2) is 4.98 Å². The second-order valence-electron chi connectivity index (χ2n) is 4.28. The third-order valence-corrected chi connectivity index (χ3v) is 3.99. The molecule has 0 bridgehead atoms. The molecule has 4 heteroatoms.